The van der Waals surface area contributed by atoms with E-state index in [0.717, 1.165) is 18.5 Å². The predicted molar refractivity (Wildman–Crippen MR) is 101 cm³/mol. The Balaban J connectivity index is 1.85. The zero-order chi connectivity index (χ0) is 21.3. The van der Waals surface area contributed by atoms with E-state index in [0.29, 0.717) is 19.4 Å². The number of hydrogen-bond acceptors (Lipinski definition) is 9. The number of aliphatic carboxylic acids is 1. The first-order chi connectivity index (χ1) is 13.8. The molecule has 0 amide bonds. The van der Waals surface area contributed by atoms with Crippen molar-refractivity contribution in [1.29, 1.82) is 0 Å². The molecule has 0 spiro atoms. The number of hydrogen-bond donors (Lipinski definition) is 6. The van der Waals surface area contributed by atoms with E-state index in [1.165, 1.54) is 6.33 Å². The Morgan fingerprint density at radius 2 is 2.14 bits per heavy atom. The fraction of sp³-hybridized carbons (Fsp3) is 0.600. The summed E-state index contributed by atoms with van der Waals surface area (Å²) >= 11 is 0. The minimum Gasteiger partial charge on any atom is -0.480 e. The van der Waals surface area contributed by atoms with Crippen LogP contribution in [-0.2, 0) is 28.0 Å². The standard InChI is InChI=1S/C15H26N8O5S/c16-5-3-1-2-4-12(15(24)25)23-29(26,27)20-8-13-21-14(22-28-13)11(17)6-10-7-18-9-19-10/h7,9,11-12,20,23H,1-6,8,16-17H2,(H,18,19)(H,24,25)/t11-,12?/m0/s1. The number of nitrogens with zero attached hydrogens (tertiary/aromatic N) is 3. The van der Waals surface area contributed by atoms with Crippen molar-refractivity contribution in [1.82, 2.24) is 29.6 Å². The van der Waals surface area contributed by atoms with E-state index in [1.807, 2.05) is 0 Å². The Kier molecular flexibility index (Phi) is 8.66. The number of carbonyl (C=O) groups is 1. The molecule has 0 bridgehead atoms. The first-order valence-corrected chi connectivity index (χ1v) is 10.5. The van der Waals surface area contributed by atoms with Gasteiger partial charge in [0.05, 0.1) is 18.9 Å². The number of aromatic amines is 1. The molecule has 2 aromatic heterocycles. The average molecular weight is 430 g/mol. The van der Waals surface area contributed by atoms with Crippen LogP contribution in [0.5, 0.6) is 0 Å². The summed E-state index contributed by atoms with van der Waals surface area (Å²) in [6.45, 7) is 0.196. The monoisotopic (exact) mass is 430 g/mol. The van der Waals surface area contributed by atoms with Crippen LogP contribution in [-0.4, -0.2) is 52.2 Å². The van der Waals surface area contributed by atoms with Crippen molar-refractivity contribution in [2.24, 2.45) is 11.5 Å². The number of aromatic nitrogens is 4. The number of nitrogens with one attached hydrogen (secondary N) is 3. The molecule has 0 aromatic carbocycles. The third kappa shape index (κ3) is 7.86. The normalized spacial score (nSPS) is 14.0. The van der Waals surface area contributed by atoms with Crippen LogP contribution >= 0.6 is 0 Å². The maximum atomic E-state index is 12.1. The maximum absolute atomic E-state index is 12.1. The second-order valence-electron chi connectivity index (χ2n) is 6.41. The van der Waals surface area contributed by atoms with Gasteiger partial charge in [-0.15, -0.1) is 0 Å². The number of carboxylic acid groups (broad SMARTS) is 1. The van der Waals surface area contributed by atoms with Gasteiger partial charge in [-0.1, -0.05) is 18.0 Å². The molecule has 2 atom stereocenters. The van der Waals surface area contributed by atoms with E-state index in [1.54, 1.807) is 6.20 Å². The van der Waals surface area contributed by atoms with E-state index in [-0.39, 0.29) is 24.7 Å². The first-order valence-electron chi connectivity index (χ1n) is 9.06. The molecule has 13 nitrogen and oxygen atoms in total. The molecule has 14 heteroatoms. The van der Waals surface area contributed by atoms with Gasteiger partial charge < -0.3 is 26.1 Å². The van der Waals surface area contributed by atoms with E-state index < -0.39 is 28.3 Å². The summed E-state index contributed by atoms with van der Waals surface area (Å²) in [5, 5.41) is 12.9. The number of unbranched alkanes of at least 4 members (excludes halogenated alkanes) is 2. The molecular formula is C15H26N8O5S. The van der Waals surface area contributed by atoms with Gasteiger partial charge in [0.15, 0.2) is 5.82 Å². The third-order valence-corrected chi connectivity index (χ3v) is 5.14. The quantitative estimate of drug-likeness (QED) is 0.199. The van der Waals surface area contributed by atoms with E-state index >= 15 is 0 Å². The van der Waals surface area contributed by atoms with Crippen molar-refractivity contribution in [3.05, 3.63) is 29.9 Å². The number of imidazole rings is 1. The highest BCUT2D eigenvalue weighted by Crippen LogP contribution is 2.11. The lowest BCUT2D eigenvalue weighted by Crippen LogP contribution is -2.46. The molecule has 8 N–H and O–H groups in total. The minimum absolute atomic E-state index is 0.000238. The second-order valence-corrected chi connectivity index (χ2v) is 7.94. The molecule has 0 aliphatic rings. The molecular weight excluding hydrogens is 404 g/mol. The number of rotatable bonds is 14. The molecule has 1 unspecified atom stereocenters. The van der Waals surface area contributed by atoms with Gasteiger partial charge in [-0.25, -0.2) is 4.98 Å². The summed E-state index contributed by atoms with van der Waals surface area (Å²) in [6.07, 6.45) is 5.71. The summed E-state index contributed by atoms with van der Waals surface area (Å²) in [5.74, 6) is -1.04. The minimum atomic E-state index is -4.10. The highest BCUT2D eigenvalue weighted by molar-refractivity contribution is 7.87. The average Bonchev–Trinajstić information content (AvgIpc) is 3.34. The van der Waals surface area contributed by atoms with Crippen molar-refractivity contribution in [3.8, 4) is 0 Å². The number of carboxylic acids is 1. The molecule has 0 aliphatic heterocycles. The Labute approximate surface area is 167 Å². The molecule has 0 saturated carbocycles. The van der Waals surface area contributed by atoms with E-state index in [2.05, 4.69) is 29.6 Å². The van der Waals surface area contributed by atoms with Crippen LogP contribution < -0.4 is 20.9 Å². The maximum Gasteiger partial charge on any atom is 0.321 e. The number of H-pyrrole nitrogens is 1. The first kappa shape index (κ1) is 22.9. The van der Waals surface area contributed by atoms with Crippen molar-refractivity contribution in [2.45, 2.75) is 50.7 Å². The molecule has 0 fully saturated rings. The van der Waals surface area contributed by atoms with Crippen LogP contribution in [0.1, 0.15) is 49.1 Å². The van der Waals surface area contributed by atoms with Crippen LogP contribution in [0.3, 0.4) is 0 Å². The van der Waals surface area contributed by atoms with Crippen LogP contribution in [0.25, 0.3) is 0 Å². The number of nitrogens with two attached hydrogens (primary N) is 2. The Hall–Kier alpha value is -2.39. The molecule has 162 valence electrons. The van der Waals surface area contributed by atoms with Gasteiger partial charge in [0.2, 0.25) is 5.89 Å². The van der Waals surface area contributed by atoms with E-state index in [9.17, 15) is 18.3 Å². The van der Waals surface area contributed by atoms with Crippen molar-refractivity contribution < 1.29 is 22.8 Å². The molecule has 29 heavy (non-hydrogen) atoms. The van der Waals surface area contributed by atoms with Crippen LogP contribution in [0.2, 0.25) is 0 Å². The lowest BCUT2D eigenvalue weighted by atomic mass is 10.1. The van der Waals surface area contributed by atoms with Crippen LogP contribution in [0, 0.1) is 0 Å². The summed E-state index contributed by atoms with van der Waals surface area (Å²) in [5.41, 5.74) is 12.2. The van der Waals surface area contributed by atoms with Crippen LogP contribution in [0.15, 0.2) is 17.0 Å². The molecule has 0 saturated heterocycles. The zero-order valence-electron chi connectivity index (χ0n) is 15.7. The van der Waals surface area contributed by atoms with Gasteiger partial charge in [0, 0.05) is 18.3 Å². The fourth-order valence-electron chi connectivity index (χ4n) is 2.50. The topological polar surface area (TPSA) is 215 Å². The summed E-state index contributed by atoms with van der Waals surface area (Å²) in [6, 6.07) is -1.81. The Bertz CT molecular complexity index is 854. The van der Waals surface area contributed by atoms with Crippen LogP contribution in [0.4, 0.5) is 0 Å². The fourth-order valence-corrected chi connectivity index (χ4v) is 3.49. The smallest absolute Gasteiger partial charge is 0.321 e. The third-order valence-electron chi connectivity index (χ3n) is 4.02. The molecule has 0 aliphatic carbocycles. The largest absolute Gasteiger partial charge is 0.480 e. The Morgan fingerprint density at radius 3 is 2.79 bits per heavy atom. The SMILES string of the molecule is NCCCCCC(NS(=O)(=O)NCc1nc([C@@H](N)Cc2cnc[nH]2)no1)C(=O)O. The highest BCUT2D eigenvalue weighted by atomic mass is 32.2. The Morgan fingerprint density at radius 1 is 1.34 bits per heavy atom. The van der Waals surface area contributed by atoms with Gasteiger partial charge >= 0.3 is 5.97 Å². The van der Waals surface area contributed by atoms with Gasteiger partial charge in [-0.2, -0.15) is 22.8 Å². The molecule has 2 heterocycles. The van der Waals surface area contributed by atoms with Gasteiger partial charge in [0.1, 0.15) is 6.04 Å². The van der Waals surface area contributed by atoms with Gasteiger partial charge in [-0.05, 0) is 19.4 Å². The summed E-state index contributed by atoms with van der Waals surface area (Å²) in [4.78, 5) is 22.1. The van der Waals surface area contributed by atoms with Crippen molar-refractivity contribution >= 4 is 16.2 Å². The van der Waals surface area contributed by atoms with Gasteiger partial charge in [0.25, 0.3) is 10.2 Å². The summed E-state index contributed by atoms with van der Waals surface area (Å²) < 4.78 is 33.5. The second kappa shape index (κ2) is 11.0. The van der Waals surface area contributed by atoms with Crippen molar-refractivity contribution in [2.75, 3.05) is 6.54 Å². The van der Waals surface area contributed by atoms with Crippen molar-refractivity contribution in [3.63, 3.8) is 0 Å². The zero-order valence-corrected chi connectivity index (χ0v) is 16.6. The lowest BCUT2D eigenvalue weighted by molar-refractivity contribution is -0.139. The molecule has 0 radical (unpaired) electrons. The molecule has 2 aromatic rings. The summed E-state index contributed by atoms with van der Waals surface area (Å²) in [7, 11) is -4.10. The molecule has 2 rings (SSSR count). The van der Waals surface area contributed by atoms with E-state index in [4.69, 9.17) is 16.0 Å². The predicted octanol–water partition coefficient (Wildman–Crippen LogP) is -1.07. The highest BCUT2D eigenvalue weighted by Gasteiger charge is 2.24. The van der Waals surface area contributed by atoms with Gasteiger partial charge in [-0.3, -0.25) is 4.79 Å². The lowest BCUT2D eigenvalue weighted by Gasteiger charge is -2.14.